The number of morpholine rings is 1. The molecule has 0 unspecified atom stereocenters. The summed E-state index contributed by atoms with van der Waals surface area (Å²) in [7, 11) is 0. The van der Waals surface area contributed by atoms with Crippen molar-refractivity contribution < 1.29 is 14.3 Å². The molecule has 0 N–H and O–H groups in total. The summed E-state index contributed by atoms with van der Waals surface area (Å²) in [5, 5.41) is 0. The van der Waals surface area contributed by atoms with Crippen LogP contribution in [0.4, 0.5) is 5.82 Å². The van der Waals surface area contributed by atoms with Crippen LogP contribution in [-0.2, 0) is 4.74 Å². The van der Waals surface area contributed by atoms with Crippen LogP contribution in [0.1, 0.15) is 10.4 Å². The summed E-state index contributed by atoms with van der Waals surface area (Å²) >= 11 is 3.26. The summed E-state index contributed by atoms with van der Waals surface area (Å²) in [6.45, 7) is 2.65. The average molecular weight is 364 g/mol. The van der Waals surface area contributed by atoms with Crippen molar-refractivity contribution in [3.05, 3.63) is 46.8 Å². The molecule has 1 saturated heterocycles. The van der Waals surface area contributed by atoms with Crippen LogP contribution in [0, 0.1) is 0 Å². The van der Waals surface area contributed by atoms with Crippen molar-refractivity contribution in [1.29, 1.82) is 0 Å². The number of hydrogen-bond donors (Lipinski definition) is 0. The highest BCUT2D eigenvalue weighted by Gasteiger charge is 2.21. The van der Waals surface area contributed by atoms with E-state index in [1.807, 2.05) is 4.90 Å². The number of anilines is 1. The van der Waals surface area contributed by atoms with E-state index in [4.69, 9.17) is 9.47 Å². The zero-order valence-corrected chi connectivity index (χ0v) is 13.3. The molecule has 1 aliphatic heterocycles. The van der Waals surface area contributed by atoms with Gasteiger partial charge in [0, 0.05) is 25.5 Å². The molecule has 2 aromatic heterocycles. The monoisotopic (exact) mass is 363 g/mol. The Morgan fingerprint density at radius 3 is 2.68 bits per heavy atom. The first-order chi connectivity index (χ1) is 10.8. The predicted molar refractivity (Wildman–Crippen MR) is 84.2 cm³/mol. The second-order valence-electron chi connectivity index (χ2n) is 4.66. The highest BCUT2D eigenvalue weighted by Crippen LogP contribution is 2.24. The molecule has 0 bridgehead atoms. The van der Waals surface area contributed by atoms with E-state index in [1.54, 1.807) is 36.7 Å². The Labute approximate surface area is 136 Å². The largest absolute Gasteiger partial charge is 0.420 e. The standard InChI is InChI=1S/C15H14BrN3O3/c16-13-12(4-2-5-17-13)22-15(20)11-3-1-6-18-14(11)19-7-9-21-10-8-19/h1-6H,7-10H2. The summed E-state index contributed by atoms with van der Waals surface area (Å²) in [6, 6.07) is 6.82. The van der Waals surface area contributed by atoms with Gasteiger partial charge in [-0.15, -0.1) is 0 Å². The molecule has 1 fully saturated rings. The van der Waals surface area contributed by atoms with Gasteiger partial charge in [0.1, 0.15) is 16.0 Å². The number of halogens is 1. The van der Waals surface area contributed by atoms with E-state index in [1.165, 1.54) is 0 Å². The Hall–Kier alpha value is -1.99. The van der Waals surface area contributed by atoms with Crippen LogP contribution >= 0.6 is 15.9 Å². The second kappa shape index (κ2) is 6.85. The fourth-order valence-corrected chi connectivity index (χ4v) is 2.52. The van der Waals surface area contributed by atoms with Crippen molar-refractivity contribution in [2.24, 2.45) is 0 Å². The summed E-state index contributed by atoms with van der Waals surface area (Å²) in [4.78, 5) is 22.9. The molecule has 0 spiro atoms. The molecule has 1 aliphatic rings. The number of ether oxygens (including phenoxy) is 2. The van der Waals surface area contributed by atoms with Gasteiger partial charge in [-0.1, -0.05) is 0 Å². The SMILES string of the molecule is O=C(Oc1cccnc1Br)c1cccnc1N1CCOCC1. The number of aromatic nitrogens is 2. The summed E-state index contributed by atoms with van der Waals surface area (Å²) in [5.41, 5.74) is 0.431. The van der Waals surface area contributed by atoms with Crippen LogP contribution in [0.25, 0.3) is 0 Å². The smallest absolute Gasteiger partial charge is 0.347 e. The van der Waals surface area contributed by atoms with Gasteiger partial charge in [-0.25, -0.2) is 14.8 Å². The molecule has 2 aromatic rings. The summed E-state index contributed by atoms with van der Waals surface area (Å²) < 4.78 is 11.2. The molecule has 3 rings (SSSR count). The molecule has 3 heterocycles. The third kappa shape index (κ3) is 3.26. The molecular formula is C15H14BrN3O3. The van der Waals surface area contributed by atoms with E-state index in [9.17, 15) is 4.79 Å². The highest BCUT2D eigenvalue weighted by molar-refractivity contribution is 9.10. The number of rotatable bonds is 3. The van der Waals surface area contributed by atoms with E-state index < -0.39 is 5.97 Å². The van der Waals surface area contributed by atoms with Gasteiger partial charge in [-0.05, 0) is 40.2 Å². The zero-order valence-electron chi connectivity index (χ0n) is 11.7. The van der Waals surface area contributed by atoms with Gasteiger partial charge in [0.05, 0.1) is 13.2 Å². The Balaban J connectivity index is 1.85. The van der Waals surface area contributed by atoms with E-state index >= 15 is 0 Å². The Kier molecular flexibility index (Phi) is 4.65. The molecule has 0 aliphatic carbocycles. The summed E-state index contributed by atoms with van der Waals surface area (Å²) in [5.74, 6) is 0.545. The molecule has 0 radical (unpaired) electrons. The van der Waals surface area contributed by atoms with Crippen molar-refractivity contribution in [2.75, 3.05) is 31.2 Å². The molecule has 114 valence electrons. The molecule has 0 saturated carbocycles. The predicted octanol–water partition coefficient (Wildman–Crippen LogP) is 2.29. The maximum atomic E-state index is 12.5. The summed E-state index contributed by atoms with van der Waals surface area (Å²) in [6.07, 6.45) is 3.28. The van der Waals surface area contributed by atoms with Crippen LogP contribution in [0.2, 0.25) is 0 Å². The van der Waals surface area contributed by atoms with Gasteiger partial charge in [-0.3, -0.25) is 0 Å². The number of esters is 1. The third-order valence-corrected chi connectivity index (χ3v) is 3.84. The Morgan fingerprint density at radius 1 is 1.18 bits per heavy atom. The van der Waals surface area contributed by atoms with Gasteiger partial charge in [0.25, 0.3) is 0 Å². The van der Waals surface area contributed by atoms with Crippen molar-refractivity contribution in [2.45, 2.75) is 0 Å². The first kappa shape index (κ1) is 14.9. The molecule has 22 heavy (non-hydrogen) atoms. The van der Waals surface area contributed by atoms with Gasteiger partial charge < -0.3 is 14.4 Å². The number of carbonyl (C=O) groups excluding carboxylic acids is 1. The Morgan fingerprint density at radius 2 is 1.91 bits per heavy atom. The molecule has 0 aromatic carbocycles. The van der Waals surface area contributed by atoms with Crippen LogP contribution < -0.4 is 9.64 Å². The van der Waals surface area contributed by atoms with Gasteiger partial charge in [0.2, 0.25) is 0 Å². The van der Waals surface area contributed by atoms with Crippen LogP contribution in [0.5, 0.6) is 5.75 Å². The van der Waals surface area contributed by atoms with E-state index in [0.717, 1.165) is 0 Å². The average Bonchev–Trinajstić information content (AvgIpc) is 2.58. The maximum Gasteiger partial charge on any atom is 0.347 e. The van der Waals surface area contributed by atoms with Gasteiger partial charge in [0.15, 0.2) is 5.75 Å². The minimum absolute atomic E-state index is 0.379. The highest BCUT2D eigenvalue weighted by atomic mass is 79.9. The molecule has 7 heteroatoms. The first-order valence-corrected chi connectivity index (χ1v) is 7.65. The topological polar surface area (TPSA) is 64.5 Å². The van der Waals surface area contributed by atoms with Gasteiger partial charge in [-0.2, -0.15) is 0 Å². The van der Waals surface area contributed by atoms with E-state index in [2.05, 4.69) is 25.9 Å². The molecular weight excluding hydrogens is 350 g/mol. The molecule has 0 atom stereocenters. The molecule has 6 nitrogen and oxygen atoms in total. The number of nitrogens with zero attached hydrogens (tertiary/aromatic N) is 3. The van der Waals surface area contributed by atoms with Gasteiger partial charge >= 0.3 is 5.97 Å². The zero-order chi connectivity index (χ0) is 15.4. The second-order valence-corrected chi connectivity index (χ2v) is 5.41. The first-order valence-electron chi connectivity index (χ1n) is 6.86. The lowest BCUT2D eigenvalue weighted by Crippen LogP contribution is -2.37. The fourth-order valence-electron chi connectivity index (χ4n) is 2.19. The van der Waals surface area contributed by atoms with Crippen molar-refractivity contribution >= 4 is 27.7 Å². The van der Waals surface area contributed by atoms with Crippen molar-refractivity contribution in [3.63, 3.8) is 0 Å². The minimum Gasteiger partial charge on any atom is -0.420 e. The van der Waals surface area contributed by atoms with Crippen LogP contribution in [0.15, 0.2) is 41.3 Å². The number of carbonyl (C=O) groups is 1. The van der Waals surface area contributed by atoms with Crippen molar-refractivity contribution in [1.82, 2.24) is 9.97 Å². The lowest BCUT2D eigenvalue weighted by atomic mass is 10.2. The minimum atomic E-state index is -0.455. The molecule has 0 amide bonds. The normalized spacial score (nSPS) is 14.7. The quantitative estimate of drug-likeness (QED) is 0.615. The third-order valence-electron chi connectivity index (χ3n) is 3.24. The van der Waals surface area contributed by atoms with Crippen molar-refractivity contribution in [3.8, 4) is 5.75 Å². The maximum absolute atomic E-state index is 12.5. The number of pyridine rings is 2. The van der Waals surface area contributed by atoms with Crippen LogP contribution in [0.3, 0.4) is 0 Å². The lowest BCUT2D eigenvalue weighted by molar-refractivity contribution is 0.0731. The fraction of sp³-hybridized carbons (Fsp3) is 0.267. The van der Waals surface area contributed by atoms with E-state index in [0.29, 0.717) is 48.0 Å². The number of hydrogen-bond acceptors (Lipinski definition) is 6. The Bertz CT molecular complexity index is 675. The van der Waals surface area contributed by atoms with E-state index in [-0.39, 0.29) is 0 Å². The van der Waals surface area contributed by atoms with Crippen LogP contribution in [-0.4, -0.2) is 42.2 Å². The lowest BCUT2D eigenvalue weighted by Gasteiger charge is -2.28.